The highest BCUT2D eigenvalue weighted by Gasteiger charge is 2.28. The Labute approximate surface area is 244 Å². The fraction of sp³-hybridized carbons (Fsp3) is 0.483. The summed E-state index contributed by atoms with van der Waals surface area (Å²) in [6, 6.07) is 5.65. The highest BCUT2D eigenvalue weighted by atomic mass is 16.5. The number of rotatable bonds is 6. The number of likely N-dealkylation sites (tertiary alicyclic amines) is 1. The van der Waals surface area contributed by atoms with Gasteiger partial charge in [0.15, 0.2) is 22.8 Å². The van der Waals surface area contributed by atoms with Gasteiger partial charge in [0.1, 0.15) is 11.6 Å². The topological polar surface area (TPSA) is 147 Å². The molecule has 2 fully saturated rings. The molecule has 0 spiro atoms. The summed E-state index contributed by atoms with van der Waals surface area (Å²) < 4.78 is 7.49. The van der Waals surface area contributed by atoms with Gasteiger partial charge in [-0.3, -0.25) is 14.7 Å². The van der Waals surface area contributed by atoms with E-state index < -0.39 is 5.41 Å². The van der Waals surface area contributed by atoms with E-state index in [-0.39, 0.29) is 17.7 Å². The third kappa shape index (κ3) is 5.88. The molecule has 6 heterocycles. The van der Waals surface area contributed by atoms with Crippen LogP contribution in [0.4, 0.5) is 11.6 Å². The van der Waals surface area contributed by atoms with Crippen LogP contribution >= 0.6 is 0 Å². The van der Waals surface area contributed by atoms with Crippen LogP contribution < -0.4 is 10.2 Å². The highest BCUT2D eigenvalue weighted by Crippen LogP contribution is 2.32. The van der Waals surface area contributed by atoms with Gasteiger partial charge in [-0.1, -0.05) is 32.1 Å². The van der Waals surface area contributed by atoms with Crippen LogP contribution in [0.1, 0.15) is 45.2 Å². The fourth-order valence-electron chi connectivity index (χ4n) is 5.27. The van der Waals surface area contributed by atoms with E-state index in [2.05, 4.69) is 35.4 Å². The summed E-state index contributed by atoms with van der Waals surface area (Å²) in [6.07, 6.45) is 6.47. The molecule has 0 unspecified atom stereocenters. The number of aromatic hydroxyl groups is 1. The first-order valence-corrected chi connectivity index (χ1v) is 14.3. The van der Waals surface area contributed by atoms with Gasteiger partial charge in [0.05, 0.1) is 25.5 Å². The Morgan fingerprint density at radius 2 is 1.90 bits per heavy atom. The summed E-state index contributed by atoms with van der Waals surface area (Å²) in [5, 5.41) is 22.2. The number of hydrogen-bond donors (Lipinski definition) is 2. The normalized spacial score (nSPS) is 17.1. The summed E-state index contributed by atoms with van der Waals surface area (Å²) in [5.41, 5.74) is 2.44. The van der Waals surface area contributed by atoms with Crippen molar-refractivity contribution in [1.82, 2.24) is 39.8 Å². The molecular formula is C29H36N10O3. The lowest BCUT2D eigenvalue weighted by molar-refractivity contribution is -0.123. The quantitative estimate of drug-likeness (QED) is 0.351. The average Bonchev–Trinajstić information content (AvgIpc) is 3.42. The number of piperidine rings is 1. The second-order valence-corrected chi connectivity index (χ2v) is 11.8. The van der Waals surface area contributed by atoms with E-state index in [1.54, 1.807) is 18.5 Å². The van der Waals surface area contributed by atoms with Crippen molar-refractivity contribution in [3.8, 4) is 17.1 Å². The zero-order valence-electron chi connectivity index (χ0n) is 24.2. The number of ether oxygens (including phenoxy) is 1. The number of pyridine rings is 2. The highest BCUT2D eigenvalue weighted by molar-refractivity contribution is 5.94. The first-order chi connectivity index (χ1) is 20.3. The molecule has 0 aromatic carbocycles. The van der Waals surface area contributed by atoms with Crippen LogP contribution in [0.2, 0.25) is 0 Å². The maximum atomic E-state index is 12.6. The molecule has 2 N–H and O–H groups in total. The van der Waals surface area contributed by atoms with Gasteiger partial charge in [-0.15, -0.1) is 5.10 Å². The standard InChI is InChI=1S/C29H36N10O3/c1-29(2,3)28(41)34-24-19(5-4-8-31-24)18-37-9-6-21(7-10-37)39-27-23(35-36-39)26(38-11-13-42-14-12-38)32-25(33-27)20-15-22(40)17-30-16-20/h4-5,8,15-17,21,40H,6-7,9-14,18H2,1-3H3,(H,31,34,41). The molecule has 1 amide bonds. The summed E-state index contributed by atoms with van der Waals surface area (Å²) >= 11 is 0. The Balaban J connectivity index is 1.23. The molecule has 4 aromatic rings. The van der Waals surface area contributed by atoms with Gasteiger partial charge in [-0.05, 0) is 25.0 Å². The van der Waals surface area contributed by atoms with Gasteiger partial charge in [0.25, 0.3) is 0 Å². The SMILES string of the molecule is CC(C)(C)C(=O)Nc1ncccc1CN1CCC(n2nnc3c(N4CCOCC4)nc(-c4cncc(O)c4)nc32)CC1. The van der Waals surface area contributed by atoms with E-state index in [1.807, 2.05) is 37.6 Å². The summed E-state index contributed by atoms with van der Waals surface area (Å²) in [4.78, 5) is 35.4. The number of hydrogen-bond acceptors (Lipinski definition) is 11. The van der Waals surface area contributed by atoms with E-state index in [1.165, 1.54) is 6.20 Å². The molecule has 13 nitrogen and oxygen atoms in total. The predicted molar refractivity (Wildman–Crippen MR) is 157 cm³/mol. The van der Waals surface area contributed by atoms with E-state index in [4.69, 9.17) is 14.7 Å². The van der Waals surface area contributed by atoms with E-state index in [0.717, 1.165) is 31.5 Å². The zero-order valence-corrected chi connectivity index (χ0v) is 24.2. The number of morpholine rings is 1. The number of aromatic nitrogens is 7. The van der Waals surface area contributed by atoms with Crippen molar-refractivity contribution < 1.29 is 14.6 Å². The van der Waals surface area contributed by atoms with Crippen molar-refractivity contribution in [3.05, 3.63) is 42.4 Å². The second-order valence-electron chi connectivity index (χ2n) is 11.8. The van der Waals surface area contributed by atoms with Gasteiger partial charge >= 0.3 is 0 Å². The van der Waals surface area contributed by atoms with Gasteiger partial charge in [0.2, 0.25) is 5.91 Å². The Hall–Kier alpha value is -4.23. The molecule has 0 saturated carbocycles. The Morgan fingerprint density at radius 3 is 2.64 bits per heavy atom. The van der Waals surface area contributed by atoms with Crippen LogP contribution in [0.15, 0.2) is 36.8 Å². The molecule has 220 valence electrons. The largest absolute Gasteiger partial charge is 0.506 e. The molecule has 42 heavy (non-hydrogen) atoms. The minimum Gasteiger partial charge on any atom is -0.506 e. The number of carbonyl (C=O) groups is 1. The first kappa shape index (κ1) is 27.9. The van der Waals surface area contributed by atoms with Crippen LogP contribution in [0.25, 0.3) is 22.6 Å². The van der Waals surface area contributed by atoms with E-state index in [0.29, 0.717) is 67.0 Å². The van der Waals surface area contributed by atoms with Crippen molar-refractivity contribution in [2.24, 2.45) is 5.41 Å². The molecule has 6 rings (SSSR count). The van der Waals surface area contributed by atoms with Crippen molar-refractivity contribution in [2.75, 3.05) is 49.6 Å². The van der Waals surface area contributed by atoms with Crippen molar-refractivity contribution in [2.45, 2.75) is 46.2 Å². The third-order valence-corrected chi connectivity index (χ3v) is 7.70. The Morgan fingerprint density at radius 1 is 1.12 bits per heavy atom. The minimum absolute atomic E-state index is 0.0536. The number of anilines is 2. The molecule has 0 aliphatic carbocycles. The molecular weight excluding hydrogens is 536 g/mol. The minimum atomic E-state index is -0.504. The molecule has 13 heteroatoms. The van der Waals surface area contributed by atoms with Crippen LogP contribution in [-0.2, 0) is 16.1 Å². The van der Waals surface area contributed by atoms with Gasteiger partial charge in [-0.2, -0.15) is 0 Å². The smallest absolute Gasteiger partial charge is 0.230 e. The van der Waals surface area contributed by atoms with Crippen molar-refractivity contribution >= 4 is 28.7 Å². The average molecular weight is 573 g/mol. The zero-order chi connectivity index (χ0) is 29.3. The second kappa shape index (κ2) is 11.6. The van der Waals surface area contributed by atoms with Crippen LogP contribution in [0.5, 0.6) is 5.75 Å². The predicted octanol–water partition coefficient (Wildman–Crippen LogP) is 3.04. The molecule has 0 atom stereocenters. The van der Waals surface area contributed by atoms with Gasteiger partial charge in [-0.25, -0.2) is 19.6 Å². The summed E-state index contributed by atoms with van der Waals surface area (Å²) in [7, 11) is 0. The molecule has 2 aliphatic heterocycles. The summed E-state index contributed by atoms with van der Waals surface area (Å²) in [5.74, 6) is 1.79. The monoisotopic (exact) mass is 572 g/mol. The number of amides is 1. The van der Waals surface area contributed by atoms with Gasteiger partial charge < -0.3 is 20.1 Å². The van der Waals surface area contributed by atoms with Crippen LogP contribution in [0.3, 0.4) is 0 Å². The fourth-order valence-corrected chi connectivity index (χ4v) is 5.27. The van der Waals surface area contributed by atoms with Crippen LogP contribution in [0, 0.1) is 5.41 Å². The molecule has 0 radical (unpaired) electrons. The lowest BCUT2D eigenvalue weighted by Crippen LogP contribution is -2.37. The number of fused-ring (bicyclic) bond motifs is 1. The first-order valence-electron chi connectivity index (χ1n) is 14.3. The van der Waals surface area contributed by atoms with Crippen molar-refractivity contribution in [3.63, 3.8) is 0 Å². The third-order valence-electron chi connectivity index (χ3n) is 7.70. The van der Waals surface area contributed by atoms with E-state index >= 15 is 0 Å². The maximum absolute atomic E-state index is 12.6. The Bertz CT molecular complexity index is 1570. The number of nitrogens with one attached hydrogen (secondary N) is 1. The molecule has 0 bridgehead atoms. The van der Waals surface area contributed by atoms with Crippen LogP contribution in [-0.4, -0.2) is 90.2 Å². The maximum Gasteiger partial charge on any atom is 0.230 e. The number of nitrogens with zero attached hydrogens (tertiary/aromatic N) is 9. The lowest BCUT2D eigenvalue weighted by Gasteiger charge is -2.32. The summed E-state index contributed by atoms with van der Waals surface area (Å²) in [6.45, 7) is 10.7. The molecule has 2 saturated heterocycles. The van der Waals surface area contributed by atoms with Crippen molar-refractivity contribution in [1.29, 1.82) is 0 Å². The lowest BCUT2D eigenvalue weighted by atomic mass is 9.95. The molecule has 2 aliphatic rings. The van der Waals surface area contributed by atoms with E-state index in [9.17, 15) is 9.90 Å². The Kier molecular flexibility index (Phi) is 7.69. The number of carbonyl (C=O) groups excluding carboxylic acids is 1. The molecule has 4 aromatic heterocycles. The van der Waals surface area contributed by atoms with Gasteiger partial charge in [0, 0.05) is 61.7 Å².